The number of aliphatic hydroxyl groups excluding tert-OH is 2. The van der Waals surface area contributed by atoms with Crippen molar-refractivity contribution in [3.05, 3.63) is 0 Å². The minimum absolute atomic E-state index is 0.00146. The van der Waals surface area contributed by atoms with Crippen molar-refractivity contribution < 1.29 is 39.6 Å². The van der Waals surface area contributed by atoms with Crippen LogP contribution >= 0.6 is 11.8 Å². The molecule has 2 heterocycles. The molecule has 6 N–H and O–H groups in total. The predicted molar refractivity (Wildman–Crippen MR) is 120 cm³/mol. The Morgan fingerprint density at radius 2 is 1.82 bits per heavy atom. The molecule has 2 aliphatic rings. The second-order valence-corrected chi connectivity index (χ2v) is 11.2. The number of rotatable bonds is 12. The summed E-state index contributed by atoms with van der Waals surface area (Å²) in [7, 11) is 0. The van der Waals surface area contributed by atoms with Gasteiger partial charge in [0.25, 0.3) is 0 Å². The second kappa shape index (κ2) is 10.6. The number of aliphatic hydroxyl groups is 3. The number of carbonyl (C=O) groups is 4. The molecule has 0 saturated carbocycles. The van der Waals surface area contributed by atoms with E-state index in [0.29, 0.717) is 12.2 Å². The molecular weight excluding hydrogens is 454 g/mol. The maximum atomic E-state index is 12.4. The summed E-state index contributed by atoms with van der Waals surface area (Å²) in [6, 6.07) is -1.26. The smallest absolute Gasteiger partial charge is 0.327 e. The van der Waals surface area contributed by atoms with E-state index in [4.69, 9.17) is 0 Å². The Balaban J connectivity index is 1.73. The summed E-state index contributed by atoms with van der Waals surface area (Å²) in [4.78, 5) is 49.4. The van der Waals surface area contributed by atoms with Crippen LogP contribution in [0.1, 0.15) is 40.5 Å². The van der Waals surface area contributed by atoms with Gasteiger partial charge in [-0.2, -0.15) is 11.8 Å². The molecule has 2 saturated heterocycles. The molecule has 1 unspecified atom stereocenters. The highest BCUT2D eigenvalue weighted by atomic mass is 32.2. The zero-order valence-corrected chi connectivity index (χ0v) is 20.2. The molecule has 12 heteroatoms. The number of fused-ring (bicyclic) bond motifs is 1. The summed E-state index contributed by atoms with van der Waals surface area (Å²) >= 11 is 1.36. The molecule has 0 aromatic rings. The normalized spacial score (nSPS) is 25.8. The standard InChI is InChI=1S/C21H35N3O8S/c1-20(2,10-25)16(27)17(28)23-6-5-13(26)22-7-8-33-12-9-11-14(21(3,4)32)18(29)24(11)15(12)19(30)31/h11-12,14-16,25,27,32H,5-10H2,1-4H3,(H,22,26)(H,23,28)(H,30,31)/t11-,12+,14+,15-,16?/m1/s1. The molecule has 11 nitrogen and oxygen atoms in total. The van der Waals surface area contributed by atoms with Crippen molar-refractivity contribution in [1.29, 1.82) is 0 Å². The Hall–Kier alpha value is -1.89. The monoisotopic (exact) mass is 489 g/mol. The first-order chi connectivity index (χ1) is 15.2. The van der Waals surface area contributed by atoms with Gasteiger partial charge in [0.2, 0.25) is 17.7 Å². The first-order valence-corrected chi connectivity index (χ1v) is 12.0. The molecule has 188 valence electrons. The third-order valence-corrected chi connectivity index (χ3v) is 7.52. The highest BCUT2D eigenvalue weighted by Crippen LogP contribution is 2.47. The van der Waals surface area contributed by atoms with Crippen molar-refractivity contribution >= 4 is 35.5 Å². The van der Waals surface area contributed by atoms with Crippen molar-refractivity contribution in [3.63, 3.8) is 0 Å². The topological polar surface area (TPSA) is 176 Å². The SMILES string of the molecule is CC(C)(CO)C(O)C(=O)NCCC(=O)NCCS[C@H]1C[C@@H]2[C@H](C(C)(C)O)C(=O)N2[C@H]1C(=O)O. The summed E-state index contributed by atoms with van der Waals surface area (Å²) in [6.07, 6.45) is -0.930. The van der Waals surface area contributed by atoms with Crippen LogP contribution in [0.3, 0.4) is 0 Å². The van der Waals surface area contributed by atoms with Crippen LogP contribution in [0.2, 0.25) is 0 Å². The van der Waals surface area contributed by atoms with Crippen molar-refractivity contribution in [2.45, 2.75) is 69.6 Å². The molecule has 2 aliphatic heterocycles. The Morgan fingerprint density at radius 1 is 1.18 bits per heavy atom. The van der Waals surface area contributed by atoms with Crippen LogP contribution in [0.5, 0.6) is 0 Å². The molecule has 0 aliphatic carbocycles. The molecule has 0 bridgehead atoms. The number of hydrogen-bond acceptors (Lipinski definition) is 8. The summed E-state index contributed by atoms with van der Waals surface area (Å²) in [5.74, 6) is -2.57. The zero-order chi connectivity index (χ0) is 25.1. The summed E-state index contributed by atoms with van der Waals surface area (Å²) < 4.78 is 0. The number of aliphatic carboxylic acids is 1. The fourth-order valence-corrected chi connectivity index (χ4v) is 5.53. The Bertz CT molecular complexity index is 769. The minimum Gasteiger partial charge on any atom is -0.480 e. The fourth-order valence-electron chi connectivity index (χ4n) is 4.24. The van der Waals surface area contributed by atoms with E-state index in [1.54, 1.807) is 27.7 Å². The van der Waals surface area contributed by atoms with Gasteiger partial charge in [-0.3, -0.25) is 14.4 Å². The van der Waals surface area contributed by atoms with E-state index in [9.17, 15) is 39.6 Å². The minimum atomic E-state index is -1.40. The van der Waals surface area contributed by atoms with E-state index in [0.717, 1.165) is 0 Å². The number of β-lactam (4-membered cyclic amide) rings is 1. The van der Waals surface area contributed by atoms with E-state index in [-0.39, 0.29) is 49.2 Å². The first-order valence-electron chi connectivity index (χ1n) is 10.9. The van der Waals surface area contributed by atoms with Crippen molar-refractivity contribution in [2.75, 3.05) is 25.4 Å². The van der Waals surface area contributed by atoms with Gasteiger partial charge in [0, 0.05) is 42.0 Å². The van der Waals surface area contributed by atoms with Crippen LogP contribution in [0.25, 0.3) is 0 Å². The molecular formula is C21H35N3O8S. The lowest BCUT2D eigenvalue weighted by Gasteiger charge is -2.49. The number of carboxylic acid groups (broad SMARTS) is 1. The van der Waals surface area contributed by atoms with Gasteiger partial charge in [-0.25, -0.2) is 4.79 Å². The number of carboxylic acids is 1. The lowest BCUT2D eigenvalue weighted by atomic mass is 9.76. The third-order valence-electron chi connectivity index (χ3n) is 6.21. The zero-order valence-electron chi connectivity index (χ0n) is 19.4. The van der Waals surface area contributed by atoms with Crippen LogP contribution in [-0.2, 0) is 19.2 Å². The largest absolute Gasteiger partial charge is 0.480 e. The van der Waals surface area contributed by atoms with Gasteiger partial charge in [-0.15, -0.1) is 0 Å². The molecule has 0 aromatic heterocycles. The van der Waals surface area contributed by atoms with Gasteiger partial charge in [-0.05, 0) is 20.3 Å². The average molecular weight is 490 g/mol. The van der Waals surface area contributed by atoms with Crippen LogP contribution in [0, 0.1) is 11.3 Å². The lowest BCUT2D eigenvalue weighted by molar-refractivity contribution is -0.177. The number of carbonyl (C=O) groups excluding carboxylic acids is 3. The molecule has 0 spiro atoms. The van der Waals surface area contributed by atoms with E-state index in [1.807, 2.05) is 0 Å². The van der Waals surface area contributed by atoms with Gasteiger partial charge in [0.05, 0.1) is 18.1 Å². The highest BCUT2D eigenvalue weighted by Gasteiger charge is 2.63. The number of thioether (sulfide) groups is 1. The van der Waals surface area contributed by atoms with Gasteiger partial charge in [0.1, 0.15) is 12.1 Å². The summed E-state index contributed by atoms with van der Waals surface area (Å²) in [6.45, 7) is 6.14. The Morgan fingerprint density at radius 3 is 2.36 bits per heavy atom. The fraction of sp³-hybridized carbons (Fsp3) is 0.810. The predicted octanol–water partition coefficient (Wildman–Crippen LogP) is -1.46. The lowest BCUT2D eigenvalue weighted by Crippen LogP contribution is -2.67. The summed E-state index contributed by atoms with van der Waals surface area (Å²) in [5, 5.41) is 43.7. The second-order valence-electron chi connectivity index (χ2n) is 9.81. The third kappa shape index (κ3) is 6.17. The van der Waals surface area contributed by atoms with Crippen LogP contribution in [0.4, 0.5) is 0 Å². The molecule has 2 fully saturated rings. The first kappa shape index (κ1) is 27.4. The Kier molecular flexibility index (Phi) is 8.77. The summed E-state index contributed by atoms with van der Waals surface area (Å²) in [5.41, 5.74) is -2.21. The molecule has 33 heavy (non-hydrogen) atoms. The van der Waals surface area contributed by atoms with Crippen molar-refractivity contribution in [3.8, 4) is 0 Å². The number of hydrogen-bond donors (Lipinski definition) is 6. The molecule has 3 amide bonds. The maximum Gasteiger partial charge on any atom is 0.327 e. The van der Waals surface area contributed by atoms with Crippen molar-refractivity contribution in [2.24, 2.45) is 11.3 Å². The number of nitrogens with one attached hydrogen (secondary N) is 2. The van der Waals surface area contributed by atoms with Crippen LogP contribution in [-0.4, -0.2) is 104 Å². The van der Waals surface area contributed by atoms with Gasteiger partial charge in [0.15, 0.2) is 0 Å². The van der Waals surface area contributed by atoms with E-state index in [2.05, 4.69) is 10.6 Å². The van der Waals surface area contributed by atoms with Gasteiger partial charge >= 0.3 is 5.97 Å². The quantitative estimate of drug-likeness (QED) is 0.141. The van der Waals surface area contributed by atoms with E-state index < -0.39 is 41.0 Å². The highest BCUT2D eigenvalue weighted by molar-refractivity contribution is 8.00. The average Bonchev–Trinajstić information content (AvgIpc) is 3.03. The van der Waals surface area contributed by atoms with Crippen LogP contribution < -0.4 is 10.6 Å². The Labute approximate surface area is 197 Å². The molecule has 0 radical (unpaired) electrons. The molecule has 5 atom stereocenters. The number of amides is 3. The van der Waals surface area contributed by atoms with Gasteiger partial charge in [-0.1, -0.05) is 13.8 Å². The maximum absolute atomic E-state index is 12.4. The van der Waals surface area contributed by atoms with Crippen molar-refractivity contribution in [1.82, 2.24) is 15.5 Å². The molecule has 2 rings (SSSR count). The van der Waals surface area contributed by atoms with Crippen LogP contribution in [0.15, 0.2) is 0 Å². The van der Waals surface area contributed by atoms with E-state index >= 15 is 0 Å². The molecule has 0 aromatic carbocycles. The van der Waals surface area contributed by atoms with E-state index in [1.165, 1.54) is 16.7 Å². The van der Waals surface area contributed by atoms with Gasteiger partial charge < -0.3 is 36.0 Å². The number of nitrogens with zero attached hydrogens (tertiary/aromatic N) is 1.